The molecule has 0 N–H and O–H groups in total. The number of rotatable bonds is 2. The molecular formula is C26H15NO2Te2. The Labute approximate surface area is 199 Å². The maximum atomic E-state index is 12.8. The molecule has 3 aromatic carbocycles. The van der Waals surface area contributed by atoms with E-state index in [9.17, 15) is 9.59 Å². The average Bonchev–Trinajstić information content (AvgIpc) is 3.36. The van der Waals surface area contributed by atoms with Crippen molar-refractivity contribution in [3.05, 3.63) is 105 Å². The molecule has 0 spiro atoms. The first-order valence-electron chi connectivity index (χ1n) is 9.87. The summed E-state index contributed by atoms with van der Waals surface area (Å²) in [5, 5.41) is 0. The van der Waals surface area contributed by atoms with Crippen LogP contribution < -0.4 is 12.1 Å². The second-order valence-corrected chi connectivity index (χ2v) is 13.5. The molecule has 0 bridgehead atoms. The molecule has 2 heterocycles. The Morgan fingerprint density at radius 1 is 0.645 bits per heavy atom. The average molecular weight is 629 g/mol. The van der Waals surface area contributed by atoms with Gasteiger partial charge in [0, 0.05) is 0 Å². The molecule has 0 radical (unpaired) electrons. The van der Waals surface area contributed by atoms with E-state index in [0.717, 1.165) is 3.58 Å². The van der Waals surface area contributed by atoms with E-state index < -0.39 is 41.4 Å². The molecule has 148 valence electrons. The van der Waals surface area contributed by atoms with Crippen LogP contribution in [0.2, 0.25) is 0 Å². The third-order valence-corrected chi connectivity index (χ3v) is 11.6. The van der Waals surface area contributed by atoms with Crippen LogP contribution in [0.15, 0.2) is 90.5 Å². The fourth-order valence-corrected chi connectivity index (χ4v) is 9.84. The molecule has 1 aliphatic carbocycles. The van der Waals surface area contributed by atoms with Gasteiger partial charge in [-0.05, 0) is 0 Å². The summed E-state index contributed by atoms with van der Waals surface area (Å²) in [7, 11) is 0. The number of hydrogen-bond donors (Lipinski definition) is 0. The first-order chi connectivity index (χ1) is 15.2. The molecule has 2 aliphatic rings. The van der Waals surface area contributed by atoms with Gasteiger partial charge in [-0.3, -0.25) is 0 Å². The molecule has 0 saturated heterocycles. The molecule has 1 aliphatic heterocycles. The fraction of sp³-hybridized carbons (Fsp3) is 0. The zero-order valence-electron chi connectivity index (χ0n) is 16.2. The van der Waals surface area contributed by atoms with E-state index in [0.29, 0.717) is 16.7 Å². The summed E-state index contributed by atoms with van der Waals surface area (Å²) in [6, 6.07) is 28.7. The fourth-order valence-electron chi connectivity index (χ4n) is 4.03. The van der Waals surface area contributed by atoms with Crippen molar-refractivity contribution < 1.29 is 9.59 Å². The van der Waals surface area contributed by atoms with Crippen molar-refractivity contribution in [2.24, 2.45) is 0 Å². The molecule has 5 heteroatoms. The van der Waals surface area contributed by atoms with Crippen LogP contribution in [0, 0.1) is 0 Å². The summed E-state index contributed by atoms with van der Waals surface area (Å²) >= 11 is -1.15. The molecule has 0 amide bonds. The number of benzene rings is 3. The van der Waals surface area contributed by atoms with Crippen LogP contribution in [-0.2, 0) is 0 Å². The molecular weight excluding hydrogens is 613 g/mol. The van der Waals surface area contributed by atoms with Crippen LogP contribution in [0.1, 0.15) is 24.3 Å². The van der Waals surface area contributed by atoms with Gasteiger partial charge in [0.05, 0.1) is 0 Å². The van der Waals surface area contributed by atoms with Gasteiger partial charge in [0.1, 0.15) is 0 Å². The molecule has 31 heavy (non-hydrogen) atoms. The van der Waals surface area contributed by atoms with E-state index in [1.54, 1.807) is 12.1 Å². The van der Waals surface area contributed by atoms with Crippen molar-refractivity contribution in [2.75, 3.05) is 4.90 Å². The van der Waals surface area contributed by atoms with Gasteiger partial charge in [0.15, 0.2) is 0 Å². The Hall–Kier alpha value is -2.40. The molecule has 3 nitrogen and oxygen atoms in total. The zero-order chi connectivity index (χ0) is 20.9. The third-order valence-electron chi connectivity index (χ3n) is 5.46. The number of Topliss-reactive ketones (excluding diaryl/α,β-unsaturated/α-hetero) is 2. The van der Waals surface area contributed by atoms with Gasteiger partial charge in [0.2, 0.25) is 0 Å². The summed E-state index contributed by atoms with van der Waals surface area (Å²) in [4.78, 5) is 28.0. The predicted octanol–water partition coefficient (Wildman–Crippen LogP) is 3.64. The minimum atomic E-state index is -0.738. The van der Waals surface area contributed by atoms with Crippen LogP contribution in [0.4, 0.5) is 15.1 Å². The van der Waals surface area contributed by atoms with E-state index in [2.05, 4.69) is 65.6 Å². The second-order valence-electron chi connectivity index (χ2n) is 7.31. The SMILES string of the molecule is O=C1C(=Cc2ccc(N3c4ccccc4[Te]c4ccccc43)[te]2)C(=O)c2ccccc21. The standard InChI is InChI=1S/C26H15NO2Te2/c28-25-17-7-1-2-8-18(17)26(29)19(25)15-16-13-14-24(30-16)27-20-9-3-5-11-22(20)31-23-12-6-4-10-21(23)27/h1-15H. The van der Waals surface area contributed by atoms with Crippen molar-refractivity contribution in [1.82, 2.24) is 0 Å². The summed E-state index contributed by atoms with van der Waals surface area (Å²) in [5.74, 6) is -0.302. The van der Waals surface area contributed by atoms with Gasteiger partial charge < -0.3 is 0 Å². The number of ketones is 2. The Morgan fingerprint density at radius 3 is 1.81 bits per heavy atom. The summed E-state index contributed by atoms with van der Waals surface area (Å²) in [6.07, 6.45) is 1.84. The van der Waals surface area contributed by atoms with E-state index in [4.69, 9.17) is 0 Å². The first kappa shape index (κ1) is 19.3. The number of anilines is 3. The molecule has 0 unspecified atom stereocenters. The van der Waals surface area contributed by atoms with E-state index >= 15 is 0 Å². The van der Waals surface area contributed by atoms with Crippen molar-refractivity contribution in [2.45, 2.75) is 0 Å². The van der Waals surface area contributed by atoms with Crippen LogP contribution in [-0.4, -0.2) is 52.9 Å². The van der Waals surface area contributed by atoms with Gasteiger partial charge >= 0.3 is 201 Å². The third kappa shape index (κ3) is 3.16. The molecule has 1 aromatic heterocycles. The number of carbonyl (C=O) groups excluding carboxylic acids is 2. The topological polar surface area (TPSA) is 37.4 Å². The van der Waals surface area contributed by atoms with E-state index in [-0.39, 0.29) is 11.6 Å². The van der Waals surface area contributed by atoms with Crippen LogP contribution in [0.25, 0.3) is 6.08 Å². The monoisotopic (exact) mass is 633 g/mol. The van der Waals surface area contributed by atoms with E-state index in [1.165, 1.54) is 22.3 Å². The zero-order valence-corrected chi connectivity index (χ0v) is 20.9. The number of nitrogens with zero attached hydrogens (tertiary/aromatic N) is 1. The van der Waals surface area contributed by atoms with Crippen molar-refractivity contribution in [3.63, 3.8) is 0 Å². The molecule has 4 aromatic rings. The maximum absolute atomic E-state index is 12.8. The second kappa shape index (κ2) is 7.63. The van der Waals surface area contributed by atoms with Crippen molar-refractivity contribution in [1.29, 1.82) is 0 Å². The molecule has 0 saturated carbocycles. The predicted molar refractivity (Wildman–Crippen MR) is 126 cm³/mol. The van der Waals surface area contributed by atoms with Gasteiger partial charge in [0.25, 0.3) is 0 Å². The Morgan fingerprint density at radius 2 is 1.19 bits per heavy atom. The van der Waals surface area contributed by atoms with Crippen molar-refractivity contribution in [3.8, 4) is 0 Å². The molecule has 6 rings (SSSR count). The molecule has 0 fully saturated rings. The Kier molecular flexibility index (Phi) is 4.75. The van der Waals surface area contributed by atoms with Gasteiger partial charge in [-0.25, -0.2) is 0 Å². The minimum absolute atomic E-state index is 0.151. The number of fused-ring (bicyclic) bond motifs is 3. The Balaban J connectivity index is 1.43. The van der Waals surface area contributed by atoms with Gasteiger partial charge in [-0.2, -0.15) is 0 Å². The number of hydrogen-bond acceptors (Lipinski definition) is 3. The first-order valence-corrected chi connectivity index (χ1v) is 14.5. The van der Waals surface area contributed by atoms with Gasteiger partial charge in [-0.15, -0.1) is 0 Å². The summed E-state index contributed by atoms with van der Waals surface area (Å²) < 4.78 is 5.30. The van der Waals surface area contributed by atoms with Crippen LogP contribution in [0.3, 0.4) is 0 Å². The summed E-state index contributed by atoms with van der Waals surface area (Å²) in [5.41, 5.74) is 3.91. The van der Waals surface area contributed by atoms with Crippen LogP contribution >= 0.6 is 0 Å². The number of para-hydroxylation sites is 2. The van der Waals surface area contributed by atoms with E-state index in [1.807, 2.05) is 18.2 Å². The number of allylic oxidation sites excluding steroid dienone is 1. The Bertz CT molecular complexity index is 1330. The molecule has 0 atom stereocenters. The summed E-state index contributed by atoms with van der Waals surface area (Å²) in [6.45, 7) is 0. The van der Waals surface area contributed by atoms with Crippen LogP contribution in [0.5, 0.6) is 0 Å². The quantitative estimate of drug-likeness (QED) is 0.170. The van der Waals surface area contributed by atoms with Gasteiger partial charge in [-0.1, -0.05) is 0 Å². The normalized spacial score (nSPS) is 14.3. The van der Waals surface area contributed by atoms with Crippen molar-refractivity contribution >= 4 is 81.3 Å². The number of carbonyl (C=O) groups is 2.